The molecule has 1 N–H and O–H groups in total. The zero-order chi connectivity index (χ0) is 19.4. The summed E-state index contributed by atoms with van der Waals surface area (Å²) in [6.45, 7) is 12.1. The molecule has 1 aliphatic rings. The lowest BCUT2D eigenvalue weighted by Gasteiger charge is -2.12. The van der Waals surface area contributed by atoms with E-state index in [1.165, 1.54) is 0 Å². The van der Waals surface area contributed by atoms with Gasteiger partial charge in [0.05, 0.1) is 23.4 Å². The van der Waals surface area contributed by atoms with Crippen LogP contribution in [-0.2, 0) is 4.79 Å². The molecule has 27 heavy (non-hydrogen) atoms. The summed E-state index contributed by atoms with van der Waals surface area (Å²) in [6, 6.07) is 7.51. The van der Waals surface area contributed by atoms with Gasteiger partial charge in [-0.2, -0.15) is 0 Å². The molecular weight excluding hydrogens is 338 g/mol. The first kappa shape index (κ1) is 18.6. The van der Waals surface area contributed by atoms with Gasteiger partial charge in [-0.15, -0.1) is 0 Å². The summed E-state index contributed by atoms with van der Waals surface area (Å²) in [5.74, 6) is 0.535. The number of nitrogens with zero attached hydrogens (tertiary/aromatic N) is 2. The first-order valence-corrected chi connectivity index (χ1v) is 8.96. The van der Waals surface area contributed by atoms with Crippen LogP contribution in [0.1, 0.15) is 36.4 Å². The van der Waals surface area contributed by atoms with Crippen LogP contribution in [0.25, 0.3) is 11.1 Å². The highest BCUT2D eigenvalue weighted by atomic mass is 16.5. The summed E-state index contributed by atoms with van der Waals surface area (Å²) in [4.78, 5) is 17.2. The lowest BCUT2D eigenvalue weighted by molar-refractivity contribution is -0.121. The molecule has 0 saturated heterocycles. The van der Waals surface area contributed by atoms with Crippen LogP contribution in [0.2, 0.25) is 0 Å². The van der Waals surface area contributed by atoms with E-state index >= 15 is 0 Å². The normalized spacial score (nSPS) is 15.9. The molecule has 2 aromatic rings. The van der Waals surface area contributed by atoms with Crippen molar-refractivity contribution in [1.82, 2.24) is 10.5 Å². The van der Waals surface area contributed by atoms with Gasteiger partial charge in [0.2, 0.25) is 5.91 Å². The number of allylic oxidation sites excluding steroid dienone is 4. The minimum Gasteiger partial charge on any atom is -0.358 e. The maximum atomic E-state index is 12.3. The molecule has 5 nitrogen and oxygen atoms in total. The average molecular weight is 361 g/mol. The highest BCUT2D eigenvalue weighted by molar-refractivity contribution is 6.18. The van der Waals surface area contributed by atoms with Gasteiger partial charge in [0, 0.05) is 12.1 Å². The Hall–Kier alpha value is -3.21. The molecule has 1 aromatic heterocycles. The highest BCUT2D eigenvalue weighted by Gasteiger charge is 2.31. The molecule has 0 fully saturated rings. The standard InChI is InChI=1S/C22H23N3O2/c1-5-10-15(6-2)21-17-12-9-8-11-16(17)20-14(4)25-27-22(20)18(24-21)13-19(26)23-7-3/h5-6,8-12,18H,1-2,7,13H2,3-4H3,(H,23,26)/b15-10+/t18-/m0/s1. The van der Waals surface area contributed by atoms with Gasteiger partial charge in [-0.05, 0) is 25.0 Å². The maximum absolute atomic E-state index is 12.3. The fraction of sp³-hybridized carbons (Fsp3) is 0.227. The Morgan fingerprint density at radius 1 is 1.30 bits per heavy atom. The Morgan fingerprint density at radius 3 is 2.70 bits per heavy atom. The number of rotatable bonds is 6. The molecule has 138 valence electrons. The molecule has 0 radical (unpaired) electrons. The van der Waals surface area contributed by atoms with Crippen molar-refractivity contribution in [2.75, 3.05) is 6.54 Å². The van der Waals surface area contributed by atoms with Crippen molar-refractivity contribution in [2.24, 2.45) is 4.99 Å². The summed E-state index contributed by atoms with van der Waals surface area (Å²) >= 11 is 0. The van der Waals surface area contributed by atoms with Gasteiger partial charge in [-0.25, -0.2) is 0 Å². The number of hydrogen-bond donors (Lipinski definition) is 1. The van der Waals surface area contributed by atoms with Crippen molar-refractivity contribution in [1.29, 1.82) is 0 Å². The summed E-state index contributed by atoms with van der Waals surface area (Å²) in [7, 11) is 0. The minimum atomic E-state index is -0.469. The van der Waals surface area contributed by atoms with Crippen LogP contribution in [-0.4, -0.2) is 23.3 Å². The molecule has 0 aliphatic carbocycles. The predicted molar refractivity (Wildman–Crippen MR) is 108 cm³/mol. The van der Waals surface area contributed by atoms with Gasteiger partial charge in [0.1, 0.15) is 6.04 Å². The van der Waals surface area contributed by atoms with E-state index in [-0.39, 0.29) is 12.3 Å². The van der Waals surface area contributed by atoms with Crippen LogP contribution in [0.15, 0.2) is 70.7 Å². The molecule has 0 unspecified atom stereocenters. The van der Waals surface area contributed by atoms with E-state index in [1.54, 1.807) is 12.2 Å². The molecule has 1 atom stereocenters. The molecule has 1 amide bonds. The molecular formula is C22H23N3O2. The number of benzene rings is 1. The van der Waals surface area contributed by atoms with Crippen LogP contribution >= 0.6 is 0 Å². The van der Waals surface area contributed by atoms with E-state index in [1.807, 2.05) is 44.2 Å². The van der Waals surface area contributed by atoms with E-state index in [2.05, 4.69) is 23.6 Å². The Morgan fingerprint density at radius 2 is 2.04 bits per heavy atom. The van der Waals surface area contributed by atoms with Crippen LogP contribution in [0.4, 0.5) is 0 Å². The van der Waals surface area contributed by atoms with Crippen LogP contribution in [0.5, 0.6) is 0 Å². The smallest absolute Gasteiger partial charge is 0.222 e. The second kappa shape index (κ2) is 7.99. The topological polar surface area (TPSA) is 67.5 Å². The number of nitrogens with one attached hydrogen (secondary N) is 1. The van der Waals surface area contributed by atoms with Gasteiger partial charge in [0.25, 0.3) is 0 Å². The van der Waals surface area contributed by atoms with Crippen LogP contribution < -0.4 is 5.32 Å². The quantitative estimate of drug-likeness (QED) is 0.779. The van der Waals surface area contributed by atoms with E-state index in [9.17, 15) is 4.79 Å². The first-order chi connectivity index (χ1) is 13.1. The number of carbonyl (C=O) groups excluding carboxylic acids is 1. The fourth-order valence-corrected chi connectivity index (χ4v) is 3.32. The second-order valence-corrected chi connectivity index (χ2v) is 6.27. The third-order valence-electron chi connectivity index (χ3n) is 4.47. The maximum Gasteiger partial charge on any atom is 0.222 e. The third-order valence-corrected chi connectivity index (χ3v) is 4.47. The largest absolute Gasteiger partial charge is 0.358 e. The number of aromatic nitrogens is 1. The molecule has 2 heterocycles. The van der Waals surface area contributed by atoms with Crippen molar-refractivity contribution < 1.29 is 9.32 Å². The fourth-order valence-electron chi connectivity index (χ4n) is 3.32. The first-order valence-electron chi connectivity index (χ1n) is 8.96. The molecule has 1 aromatic carbocycles. The van der Waals surface area contributed by atoms with Gasteiger partial charge in [-0.3, -0.25) is 9.79 Å². The second-order valence-electron chi connectivity index (χ2n) is 6.27. The summed E-state index contributed by atoms with van der Waals surface area (Å²) in [5, 5.41) is 6.98. The molecule has 0 spiro atoms. The Labute approximate surface area is 159 Å². The highest BCUT2D eigenvalue weighted by Crippen LogP contribution is 2.40. The minimum absolute atomic E-state index is 0.0792. The molecule has 5 heteroatoms. The van der Waals surface area contributed by atoms with E-state index in [0.29, 0.717) is 12.3 Å². The number of aliphatic imine (C=N–C) groups is 1. The van der Waals surface area contributed by atoms with Crippen molar-refractivity contribution in [2.45, 2.75) is 26.3 Å². The van der Waals surface area contributed by atoms with Crippen molar-refractivity contribution in [3.63, 3.8) is 0 Å². The number of aryl methyl sites for hydroxylation is 1. The van der Waals surface area contributed by atoms with Crippen LogP contribution in [0.3, 0.4) is 0 Å². The van der Waals surface area contributed by atoms with Gasteiger partial charge < -0.3 is 9.84 Å². The van der Waals surface area contributed by atoms with Gasteiger partial charge in [0.15, 0.2) is 5.76 Å². The van der Waals surface area contributed by atoms with E-state index < -0.39 is 6.04 Å². The number of fused-ring (bicyclic) bond motifs is 3. The van der Waals surface area contributed by atoms with Crippen molar-refractivity contribution >= 4 is 11.6 Å². The molecule has 3 rings (SSSR count). The zero-order valence-electron chi connectivity index (χ0n) is 15.7. The van der Waals surface area contributed by atoms with Crippen LogP contribution in [0, 0.1) is 6.92 Å². The predicted octanol–water partition coefficient (Wildman–Crippen LogP) is 4.32. The summed E-state index contributed by atoms with van der Waals surface area (Å²) in [6.07, 6.45) is 5.50. The monoisotopic (exact) mass is 361 g/mol. The Balaban J connectivity index is 2.25. The van der Waals surface area contributed by atoms with Crippen molar-refractivity contribution in [3.8, 4) is 11.1 Å². The molecule has 0 bridgehead atoms. The lowest BCUT2D eigenvalue weighted by atomic mass is 9.92. The lowest BCUT2D eigenvalue weighted by Crippen LogP contribution is -2.24. The number of carbonyl (C=O) groups is 1. The van der Waals surface area contributed by atoms with Gasteiger partial charge in [-0.1, -0.05) is 60.8 Å². The van der Waals surface area contributed by atoms with E-state index in [4.69, 9.17) is 9.52 Å². The Kier molecular flexibility index (Phi) is 5.50. The van der Waals surface area contributed by atoms with E-state index in [0.717, 1.165) is 33.7 Å². The van der Waals surface area contributed by atoms with Gasteiger partial charge >= 0.3 is 0 Å². The van der Waals surface area contributed by atoms with Crippen molar-refractivity contribution in [3.05, 3.63) is 78.2 Å². The summed E-state index contributed by atoms with van der Waals surface area (Å²) in [5.41, 5.74) is 5.23. The SMILES string of the molecule is C=C/C=C(\C=C)C1=N[C@@H](CC(=O)NCC)c2onc(C)c2-c2ccccc21. The third kappa shape index (κ3) is 3.53. The molecule has 1 aliphatic heterocycles. The summed E-state index contributed by atoms with van der Waals surface area (Å²) < 4.78 is 5.63. The number of amides is 1. The average Bonchev–Trinajstić information content (AvgIpc) is 2.98. The molecule has 0 saturated carbocycles. The zero-order valence-corrected chi connectivity index (χ0v) is 15.7. The Bertz CT molecular complexity index is 950. The number of hydrogen-bond acceptors (Lipinski definition) is 4.